The highest BCUT2D eigenvalue weighted by atomic mass is 32.1. The lowest BCUT2D eigenvalue weighted by molar-refractivity contribution is 0.689. The Labute approximate surface area is 105 Å². The fourth-order valence-electron chi connectivity index (χ4n) is 1.74. The summed E-state index contributed by atoms with van der Waals surface area (Å²) in [4.78, 5) is 1.41. The highest BCUT2D eigenvalue weighted by molar-refractivity contribution is 7.09. The van der Waals surface area contributed by atoms with Gasteiger partial charge >= 0.3 is 0 Å². The zero-order valence-corrected chi connectivity index (χ0v) is 10.6. The molecule has 1 N–H and O–H groups in total. The van der Waals surface area contributed by atoms with Crippen molar-refractivity contribution in [3.8, 4) is 6.07 Å². The Balaban J connectivity index is 1.76. The molecule has 0 saturated carbocycles. The van der Waals surface area contributed by atoms with Crippen LogP contribution >= 0.6 is 11.3 Å². The van der Waals surface area contributed by atoms with Gasteiger partial charge in [0.05, 0.1) is 0 Å². The van der Waals surface area contributed by atoms with E-state index < -0.39 is 0 Å². The second-order valence-electron chi connectivity index (χ2n) is 3.96. The number of thiophene rings is 1. The van der Waals surface area contributed by atoms with Gasteiger partial charge < -0.3 is 9.88 Å². The summed E-state index contributed by atoms with van der Waals surface area (Å²) < 4.78 is 1.86. The molecule has 0 aliphatic rings. The lowest BCUT2D eigenvalue weighted by atomic mass is 10.3. The van der Waals surface area contributed by atoms with Crippen LogP contribution in [0, 0.1) is 11.3 Å². The van der Waals surface area contributed by atoms with Crippen LogP contribution in [-0.4, -0.2) is 11.1 Å². The van der Waals surface area contributed by atoms with Gasteiger partial charge in [0.15, 0.2) is 0 Å². The highest BCUT2D eigenvalue weighted by Crippen LogP contribution is 2.09. The van der Waals surface area contributed by atoms with Gasteiger partial charge in [0.25, 0.3) is 0 Å². The largest absolute Gasteiger partial charge is 0.342 e. The fraction of sp³-hybridized carbons (Fsp3) is 0.308. The van der Waals surface area contributed by atoms with Gasteiger partial charge in [-0.3, -0.25) is 0 Å². The molecule has 0 spiro atoms. The average Bonchev–Trinajstić information content (AvgIpc) is 2.94. The molecule has 88 valence electrons. The molecule has 0 saturated heterocycles. The van der Waals surface area contributed by atoms with Crippen LogP contribution in [0.15, 0.2) is 29.8 Å². The summed E-state index contributed by atoms with van der Waals surface area (Å²) >= 11 is 1.79. The molecule has 4 heteroatoms. The molecule has 2 rings (SSSR count). The zero-order valence-electron chi connectivity index (χ0n) is 9.81. The van der Waals surface area contributed by atoms with Crippen molar-refractivity contribution >= 4 is 11.3 Å². The van der Waals surface area contributed by atoms with Crippen molar-refractivity contribution in [1.29, 1.82) is 5.26 Å². The summed E-state index contributed by atoms with van der Waals surface area (Å²) in [6.45, 7) is 1.79. The van der Waals surface area contributed by atoms with Gasteiger partial charge in [-0.05, 0) is 29.5 Å². The maximum Gasteiger partial charge on any atom is 0.120 e. The van der Waals surface area contributed by atoms with Gasteiger partial charge in [-0.15, -0.1) is 11.3 Å². The van der Waals surface area contributed by atoms with E-state index in [9.17, 15) is 0 Å². The van der Waals surface area contributed by atoms with E-state index in [1.807, 2.05) is 23.9 Å². The second kappa shape index (κ2) is 5.67. The minimum absolute atomic E-state index is 0.708. The Kier molecular flexibility index (Phi) is 3.97. The maximum absolute atomic E-state index is 8.84. The normalized spacial score (nSPS) is 10.4. The van der Waals surface area contributed by atoms with Gasteiger partial charge in [0.1, 0.15) is 11.8 Å². The molecule has 0 fully saturated rings. The van der Waals surface area contributed by atoms with Crippen molar-refractivity contribution in [2.75, 3.05) is 6.54 Å². The Bertz CT molecular complexity index is 505. The first-order chi connectivity index (χ1) is 8.29. The predicted molar refractivity (Wildman–Crippen MR) is 69.9 cm³/mol. The van der Waals surface area contributed by atoms with Crippen molar-refractivity contribution in [3.05, 3.63) is 45.9 Å². The number of rotatable bonds is 5. The lowest BCUT2D eigenvalue weighted by Crippen LogP contribution is -2.15. The van der Waals surface area contributed by atoms with Crippen LogP contribution in [0.5, 0.6) is 0 Å². The van der Waals surface area contributed by atoms with Gasteiger partial charge in [-0.1, -0.05) is 6.07 Å². The van der Waals surface area contributed by atoms with E-state index in [1.54, 1.807) is 11.3 Å². The Morgan fingerprint density at radius 2 is 2.41 bits per heavy atom. The third-order valence-electron chi connectivity index (χ3n) is 2.63. The molecule has 0 aliphatic carbocycles. The van der Waals surface area contributed by atoms with Crippen LogP contribution in [0.1, 0.15) is 16.1 Å². The molecule has 0 bridgehead atoms. The first kappa shape index (κ1) is 11.9. The molecule has 0 unspecified atom stereocenters. The molecule has 2 heterocycles. The Hall–Kier alpha value is -1.57. The Morgan fingerprint density at radius 1 is 1.53 bits per heavy atom. The first-order valence-corrected chi connectivity index (χ1v) is 6.46. The number of aromatic nitrogens is 1. The van der Waals surface area contributed by atoms with Gasteiger partial charge in [-0.2, -0.15) is 5.26 Å². The summed E-state index contributed by atoms with van der Waals surface area (Å²) in [5.74, 6) is 0. The lowest BCUT2D eigenvalue weighted by Gasteiger charge is -2.01. The summed E-state index contributed by atoms with van der Waals surface area (Å²) in [5, 5.41) is 14.3. The summed E-state index contributed by atoms with van der Waals surface area (Å²) in [6.07, 6.45) is 3.06. The van der Waals surface area contributed by atoms with Crippen molar-refractivity contribution in [3.63, 3.8) is 0 Å². The monoisotopic (exact) mass is 245 g/mol. The van der Waals surface area contributed by atoms with Crippen molar-refractivity contribution < 1.29 is 0 Å². The quantitative estimate of drug-likeness (QED) is 0.821. The number of hydrogen-bond acceptors (Lipinski definition) is 3. The van der Waals surface area contributed by atoms with Crippen molar-refractivity contribution in [2.45, 2.75) is 13.0 Å². The number of nitrogens with one attached hydrogen (secondary N) is 1. The van der Waals surface area contributed by atoms with Crippen LogP contribution < -0.4 is 5.32 Å². The third kappa shape index (κ3) is 3.19. The van der Waals surface area contributed by atoms with Crippen LogP contribution in [-0.2, 0) is 20.0 Å². The van der Waals surface area contributed by atoms with E-state index in [-0.39, 0.29) is 0 Å². The maximum atomic E-state index is 8.84. The fourth-order valence-corrected chi connectivity index (χ4v) is 2.45. The average molecular weight is 245 g/mol. The zero-order chi connectivity index (χ0) is 12.1. The SMILES string of the molecule is Cn1cc(CNCCc2cccs2)cc1C#N. The molecule has 0 aromatic carbocycles. The number of nitriles is 1. The van der Waals surface area contributed by atoms with Gasteiger partial charge in [0.2, 0.25) is 0 Å². The molecular formula is C13H15N3S. The predicted octanol–water partition coefficient (Wildman–Crippen LogP) is 2.29. The standard InChI is InChI=1S/C13H15N3S/c1-16-10-11(7-12(16)8-14)9-15-5-4-13-3-2-6-17-13/h2-3,6-7,10,15H,4-5,9H2,1H3. The van der Waals surface area contributed by atoms with Crippen LogP contribution in [0.2, 0.25) is 0 Å². The molecule has 0 amide bonds. The number of aryl methyl sites for hydroxylation is 1. The minimum Gasteiger partial charge on any atom is -0.342 e. The number of nitrogens with zero attached hydrogens (tertiary/aromatic N) is 2. The summed E-state index contributed by atoms with van der Waals surface area (Å²) in [6, 6.07) is 8.33. The van der Waals surface area contributed by atoms with Crippen LogP contribution in [0.25, 0.3) is 0 Å². The molecule has 2 aromatic rings. The second-order valence-corrected chi connectivity index (χ2v) is 4.99. The summed E-state index contributed by atoms with van der Waals surface area (Å²) in [5.41, 5.74) is 1.87. The van der Waals surface area contributed by atoms with E-state index >= 15 is 0 Å². The van der Waals surface area contributed by atoms with E-state index in [0.717, 1.165) is 25.1 Å². The highest BCUT2D eigenvalue weighted by Gasteiger charge is 2.01. The van der Waals surface area contributed by atoms with E-state index in [0.29, 0.717) is 5.69 Å². The topological polar surface area (TPSA) is 40.8 Å². The van der Waals surface area contributed by atoms with E-state index in [4.69, 9.17) is 5.26 Å². The molecule has 0 aliphatic heterocycles. The Morgan fingerprint density at radius 3 is 3.06 bits per heavy atom. The van der Waals surface area contributed by atoms with Gasteiger partial charge in [0, 0.05) is 31.2 Å². The smallest absolute Gasteiger partial charge is 0.120 e. The molecule has 0 radical (unpaired) electrons. The van der Waals surface area contributed by atoms with Crippen LogP contribution in [0.4, 0.5) is 0 Å². The van der Waals surface area contributed by atoms with Crippen molar-refractivity contribution in [1.82, 2.24) is 9.88 Å². The molecule has 3 nitrogen and oxygen atoms in total. The van der Waals surface area contributed by atoms with Crippen LogP contribution in [0.3, 0.4) is 0 Å². The van der Waals surface area contributed by atoms with Crippen molar-refractivity contribution in [2.24, 2.45) is 7.05 Å². The van der Waals surface area contributed by atoms with E-state index in [2.05, 4.69) is 28.9 Å². The molecular weight excluding hydrogens is 230 g/mol. The molecule has 2 aromatic heterocycles. The summed E-state index contributed by atoms with van der Waals surface area (Å²) in [7, 11) is 1.90. The van der Waals surface area contributed by atoms with Gasteiger partial charge in [-0.25, -0.2) is 0 Å². The molecule has 17 heavy (non-hydrogen) atoms. The minimum atomic E-state index is 0.708. The first-order valence-electron chi connectivity index (χ1n) is 5.58. The number of hydrogen-bond donors (Lipinski definition) is 1. The third-order valence-corrected chi connectivity index (χ3v) is 3.57. The molecule has 0 atom stereocenters. The van der Waals surface area contributed by atoms with E-state index in [1.165, 1.54) is 4.88 Å².